The van der Waals surface area contributed by atoms with E-state index in [-0.39, 0.29) is 22.7 Å². The molecule has 1 saturated heterocycles. The van der Waals surface area contributed by atoms with Crippen LogP contribution in [0.2, 0.25) is 0 Å². The molecule has 4 rings (SSSR count). The van der Waals surface area contributed by atoms with Gasteiger partial charge in [-0.15, -0.1) is 0 Å². The monoisotopic (exact) mass is 464 g/mol. The molecule has 1 aliphatic heterocycles. The third-order valence-corrected chi connectivity index (χ3v) is 5.31. The molecule has 0 saturated carbocycles. The van der Waals surface area contributed by atoms with Crippen LogP contribution in [0.15, 0.2) is 33.5 Å². The molecule has 1 aromatic heterocycles. The third kappa shape index (κ3) is 3.54. The predicted molar refractivity (Wildman–Crippen MR) is 110 cm³/mol. The number of hydrogen-bond acceptors (Lipinski definition) is 12. The first-order valence-electron chi connectivity index (χ1n) is 9.53. The lowest BCUT2D eigenvalue weighted by molar-refractivity contribution is -0.116. The number of hydrogen-bond donors (Lipinski definition) is 7. The molecule has 2 aromatic carbocycles. The van der Waals surface area contributed by atoms with Crippen molar-refractivity contribution in [2.45, 2.75) is 18.0 Å². The van der Waals surface area contributed by atoms with E-state index in [1.807, 2.05) is 0 Å². The molecule has 0 bridgehead atoms. The Kier molecular flexibility index (Phi) is 5.46. The van der Waals surface area contributed by atoms with E-state index in [2.05, 4.69) is 0 Å². The summed E-state index contributed by atoms with van der Waals surface area (Å²) in [6.45, 7) is -1.32. The second kappa shape index (κ2) is 8.01. The van der Waals surface area contributed by atoms with Crippen molar-refractivity contribution in [2.24, 2.45) is 0 Å². The fourth-order valence-corrected chi connectivity index (χ4v) is 3.44. The Balaban J connectivity index is 1.89. The van der Waals surface area contributed by atoms with Crippen LogP contribution in [0.3, 0.4) is 0 Å². The average Bonchev–Trinajstić information content (AvgIpc) is 3.08. The standard InChI is InChI=1S/C21H20O12/c1-30-18-16-13(11(25)5-12(32-16)8-2-3-9(23)10(24)4-8)14(26)15(27)17(18)33-20-19(28)21(29,6-22)7-31-20/h2-5,19-20,22-24,26-29H,6-7H2,1H3/t19-,20-,21+/m0/s1. The van der Waals surface area contributed by atoms with Gasteiger partial charge in [-0.1, -0.05) is 0 Å². The first kappa shape index (κ1) is 22.5. The van der Waals surface area contributed by atoms with E-state index in [1.165, 1.54) is 12.1 Å². The summed E-state index contributed by atoms with van der Waals surface area (Å²) in [6.07, 6.45) is -3.31. The van der Waals surface area contributed by atoms with Gasteiger partial charge in [0.25, 0.3) is 0 Å². The predicted octanol–water partition coefficient (Wildman–Crippen LogP) is 0.110. The zero-order valence-electron chi connectivity index (χ0n) is 17.1. The maximum absolute atomic E-state index is 12.7. The van der Waals surface area contributed by atoms with Gasteiger partial charge in [0, 0.05) is 11.6 Å². The summed E-state index contributed by atoms with van der Waals surface area (Å²) in [5, 5.41) is 69.4. The molecular formula is C21H20O12. The highest BCUT2D eigenvalue weighted by atomic mass is 16.7. The molecule has 1 aliphatic rings. The number of phenols is 4. The number of benzene rings is 2. The molecule has 7 N–H and O–H groups in total. The van der Waals surface area contributed by atoms with Gasteiger partial charge in [-0.2, -0.15) is 0 Å². The summed E-state index contributed by atoms with van der Waals surface area (Å²) < 4.78 is 21.5. The van der Waals surface area contributed by atoms with E-state index in [9.17, 15) is 40.5 Å². The molecule has 1 fully saturated rings. The van der Waals surface area contributed by atoms with Gasteiger partial charge in [-0.3, -0.25) is 4.79 Å². The number of aromatic hydroxyl groups is 4. The lowest BCUT2D eigenvalue weighted by atomic mass is 10.0. The summed E-state index contributed by atoms with van der Waals surface area (Å²) in [7, 11) is 1.16. The van der Waals surface area contributed by atoms with E-state index < -0.39 is 70.8 Å². The minimum Gasteiger partial charge on any atom is -0.504 e. The van der Waals surface area contributed by atoms with E-state index in [1.54, 1.807) is 0 Å². The van der Waals surface area contributed by atoms with Crippen LogP contribution in [0.25, 0.3) is 22.3 Å². The second-order valence-electron chi connectivity index (χ2n) is 7.45. The van der Waals surface area contributed by atoms with Crippen molar-refractivity contribution in [3.8, 4) is 45.8 Å². The Morgan fingerprint density at radius 2 is 1.82 bits per heavy atom. The van der Waals surface area contributed by atoms with Crippen LogP contribution in [0, 0.1) is 0 Å². The van der Waals surface area contributed by atoms with Crippen molar-refractivity contribution in [3.05, 3.63) is 34.5 Å². The Hall–Kier alpha value is -3.71. The van der Waals surface area contributed by atoms with Gasteiger partial charge in [0.1, 0.15) is 22.9 Å². The summed E-state index contributed by atoms with van der Waals surface area (Å²) in [6, 6.07) is 4.68. The Morgan fingerprint density at radius 3 is 2.42 bits per heavy atom. The fourth-order valence-electron chi connectivity index (χ4n) is 3.44. The fraction of sp³-hybridized carbons (Fsp3) is 0.286. The van der Waals surface area contributed by atoms with Crippen molar-refractivity contribution in [1.29, 1.82) is 0 Å². The Morgan fingerprint density at radius 1 is 1.09 bits per heavy atom. The van der Waals surface area contributed by atoms with Gasteiger partial charge in [0.15, 0.2) is 28.3 Å². The summed E-state index contributed by atoms with van der Waals surface area (Å²) in [5.74, 6) is -3.68. The van der Waals surface area contributed by atoms with Gasteiger partial charge < -0.3 is 54.4 Å². The topological polar surface area (TPSA) is 200 Å². The lowest BCUT2D eigenvalue weighted by Crippen LogP contribution is -2.48. The largest absolute Gasteiger partial charge is 0.504 e. The molecule has 3 atom stereocenters. The van der Waals surface area contributed by atoms with E-state index >= 15 is 0 Å². The van der Waals surface area contributed by atoms with Crippen LogP contribution in [0.1, 0.15) is 0 Å². The molecule has 176 valence electrons. The quantitative estimate of drug-likeness (QED) is 0.252. The maximum Gasteiger partial charge on any atom is 0.229 e. The number of aliphatic hydroxyl groups is 3. The van der Waals surface area contributed by atoms with Gasteiger partial charge in [0.2, 0.25) is 23.5 Å². The van der Waals surface area contributed by atoms with Crippen LogP contribution in [0.4, 0.5) is 0 Å². The Bertz CT molecular complexity index is 1280. The Labute approximate surface area is 184 Å². The molecule has 0 amide bonds. The van der Waals surface area contributed by atoms with E-state index in [0.29, 0.717) is 0 Å². The number of ether oxygens (including phenoxy) is 3. The van der Waals surface area contributed by atoms with Gasteiger partial charge in [0.05, 0.1) is 20.3 Å². The third-order valence-electron chi connectivity index (χ3n) is 5.31. The number of fused-ring (bicyclic) bond motifs is 1. The highest BCUT2D eigenvalue weighted by Crippen LogP contribution is 2.50. The first-order valence-corrected chi connectivity index (χ1v) is 9.53. The summed E-state index contributed by atoms with van der Waals surface area (Å²) in [4.78, 5) is 12.7. The average molecular weight is 464 g/mol. The van der Waals surface area contributed by atoms with E-state index in [0.717, 1.165) is 19.2 Å². The smallest absolute Gasteiger partial charge is 0.229 e. The van der Waals surface area contributed by atoms with E-state index in [4.69, 9.17) is 18.6 Å². The molecule has 0 radical (unpaired) electrons. The summed E-state index contributed by atoms with van der Waals surface area (Å²) >= 11 is 0. The van der Waals surface area contributed by atoms with Crippen LogP contribution >= 0.6 is 0 Å². The first-order chi connectivity index (χ1) is 15.6. The van der Waals surface area contributed by atoms with Crippen LogP contribution in [0.5, 0.6) is 34.5 Å². The molecule has 33 heavy (non-hydrogen) atoms. The van der Waals surface area contributed by atoms with Crippen molar-refractivity contribution in [2.75, 3.05) is 20.3 Å². The highest BCUT2D eigenvalue weighted by molar-refractivity contribution is 5.95. The number of phenolic OH excluding ortho intramolecular Hbond substituents is 4. The van der Waals surface area contributed by atoms with Crippen molar-refractivity contribution in [1.82, 2.24) is 0 Å². The lowest BCUT2D eigenvalue weighted by Gasteiger charge is -2.24. The van der Waals surface area contributed by atoms with Crippen molar-refractivity contribution >= 4 is 11.0 Å². The zero-order valence-corrected chi connectivity index (χ0v) is 17.1. The molecule has 0 spiro atoms. The molecule has 2 heterocycles. The molecule has 12 heteroatoms. The minimum atomic E-state index is -2.02. The van der Waals surface area contributed by atoms with Crippen LogP contribution in [-0.4, -0.2) is 74.1 Å². The molecule has 0 unspecified atom stereocenters. The number of aliphatic hydroxyl groups excluding tert-OH is 2. The molecule has 12 nitrogen and oxygen atoms in total. The van der Waals surface area contributed by atoms with Crippen LogP contribution in [-0.2, 0) is 4.74 Å². The van der Waals surface area contributed by atoms with Crippen molar-refractivity contribution in [3.63, 3.8) is 0 Å². The SMILES string of the molecule is COc1c(O[C@@H]2OC[C@](O)(CO)[C@H]2O)c(O)c(O)c2c(=O)cc(-c3ccc(O)c(O)c3)oc12. The molecule has 0 aliphatic carbocycles. The van der Waals surface area contributed by atoms with Gasteiger partial charge in [-0.05, 0) is 18.2 Å². The maximum atomic E-state index is 12.7. The van der Waals surface area contributed by atoms with Crippen molar-refractivity contribution < 1.29 is 54.4 Å². The van der Waals surface area contributed by atoms with Gasteiger partial charge >= 0.3 is 0 Å². The highest BCUT2D eigenvalue weighted by Gasteiger charge is 2.49. The number of rotatable bonds is 5. The van der Waals surface area contributed by atoms with Gasteiger partial charge in [-0.25, -0.2) is 0 Å². The molecular weight excluding hydrogens is 444 g/mol. The van der Waals surface area contributed by atoms with Crippen LogP contribution < -0.4 is 14.9 Å². The zero-order chi connectivity index (χ0) is 24.1. The summed E-state index contributed by atoms with van der Waals surface area (Å²) in [5.41, 5.74) is -2.94. The second-order valence-corrected chi connectivity index (χ2v) is 7.45. The number of methoxy groups -OCH3 is 1. The molecule has 3 aromatic rings. The minimum absolute atomic E-state index is 0.0797. The normalized spacial score (nSPS) is 22.5.